The largest absolute Gasteiger partial charge is 0.482 e. The molecule has 28 heavy (non-hydrogen) atoms. The maximum Gasteiger partial charge on any atom is 0.341 e. The molecule has 0 unspecified atom stereocenters. The maximum absolute atomic E-state index is 12.1. The van der Waals surface area contributed by atoms with Crippen LogP contribution in [0, 0.1) is 0 Å². The van der Waals surface area contributed by atoms with Gasteiger partial charge in [-0.3, -0.25) is 9.69 Å². The van der Waals surface area contributed by atoms with Crippen LogP contribution in [0.25, 0.3) is 0 Å². The van der Waals surface area contributed by atoms with Crippen LogP contribution in [0.5, 0.6) is 5.75 Å². The molecule has 1 heterocycles. The molecule has 0 spiro atoms. The highest BCUT2D eigenvalue weighted by atomic mass is 16.5. The molecule has 0 radical (unpaired) electrons. The molecule has 1 aliphatic heterocycles. The molecule has 0 bridgehead atoms. The molecule has 6 heteroatoms. The number of carboxylic acids is 1. The van der Waals surface area contributed by atoms with E-state index in [9.17, 15) is 9.59 Å². The molecule has 1 N–H and O–H groups in total. The van der Waals surface area contributed by atoms with E-state index in [2.05, 4.69) is 17.0 Å². The van der Waals surface area contributed by atoms with Crippen LogP contribution in [0.15, 0.2) is 54.6 Å². The number of carbonyl (C=O) groups excluding carboxylic acids is 1. The Hall–Kier alpha value is -2.86. The van der Waals surface area contributed by atoms with Gasteiger partial charge in [-0.05, 0) is 29.7 Å². The van der Waals surface area contributed by atoms with Gasteiger partial charge >= 0.3 is 5.97 Å². The average Bonchev–Trinajstić information content (AvgIpc) is 2.68. The molecule has 6 nitrogen and oxygen atoms in total. The fraction of sp³-hybridized carbons (Fsp3) is 0.364. The van der Waals surface area contributed by atoms with Crippen molar-refractivity contribution in [3.05, 3.63) is 65.7 Å². The molecule has 0 saturated carbocycles. The molecule has 2 aromatic rings. The second kappa shape index (κ2) is 9.37. The highest BCUT2D eigenvalue weighted by Crippen LogP contribution is 2.19. The Balaban J connectivity index is 1.64. The van der Waals surface area contributed by atoms with Gasteiger partial charge in [-0.25, -0.2) is 4.79 Å². The van der Waals surface area contributed by atoms with Crippen molar-refractivity contribution in [1.29, 1.82) is 0 Å². The fourth-order valence-corrected chi connectivity index (χ4v) is 3.63. The average molecular weight is 382 g/mol. The van der Waals surface area contributed by atoms with Crippen LogP contribution in [0.3, 0.4) is 0 Å². The minimum atomic E-state index is -0.998. The molecule has 1 saturated heterocycles. The van der Waals surface area contributed by atoms with Crippen LogP contribution in [0.2, 0.25) is 0 Å². The third-order valence-corrected chi connectivity index (χ3v) is 4.98. The van der Waals surface area contributed by atoms with E-state index in [1.54, 1.807) is 19.1 Å². The Morgan fingerprint density at radius 3 is 2.39 bits per heavy atom. The van der Waals surface area contributed by atoms with Gasteiger partial charge in [-0.1, -0.05) is 42.5 Å². The molecule has 1 aliphatic rings. The van der Waals surface area contributed by atoms with E-state index in [1.165, 1.54) is 5.56 Å². The van der Waals surface area contributed by atoms with Gasteiger partial charge in [0.05, 0.1) is 0 Å². The molecular weight excluding hydrogens is 356 g/mol. The predicted octanol–water partition coefficient (Wildman–Crippen LogP) is 2.43. The normalized spacial score (nSPS) is 17.3. The number of piperazine rings is 1. The van der Waals surface area contributed by atoms with Crippen LogP contribution in [-0.4, -0.2) is 59.1 Å². The summed E-state index contributed by atoms with van der Waals surface area (Å²) in [5.74, 6) is -0.364. The van der Waals surface area contributed by atoms with E-state index in [0.717, 1.165) is 38.2 Å². The zero-order valence-corrected chi connectivity index (χ0v) is 16.1. The first-order valence-electron chi connectivity index (χ1n) is 9.48. The lowest BCUT2D eigenvalue weighted by molar-refractivity contribution is -0.139. The monoisotopic (exact) mass is 382 g/mol. The summed E-state index contributed by atoms with van der Waals surface area (Å²) < 4.78 is 5.18. The van der Waals surface area contributed by atoms with E-state index >= 15 is 0 Å². The van der Waals surface area contributed by atoms with Crippen LogP contribution in [-0.2, 0) is 22.6 Å². The number of benzene rings is 2. The van der Waals surface area contributed by atoms with E-state index in [0.29, 0.717) is 5.75 Å². The van der Waals surface area contributed by atoms with Crippen molar-refractivity contribution in [2.24, 2.45) is 0 Å². The zero-order valence-electron chi connectivity index (χ0n) is 16.1. The first kappa shape index (κ1) is 19.9. The number of hydrogen-bond acceptors (Lipinski definition) is 4. The van der Waals surface area contributed by atoms with Gasteiger partial charge < -0.3 is 14.7 Å². The molecule has 1 amide bonds. The topological polar surface area (TPSA) is 70.1 Å². The van der Waals surface area contributed by atoms with Crippen LogP contribution < -0.4 is 4.74 Å². The molecule has 2 aromatic carbocycles. The van der Waals surface area contributed by atoms with Gasteiger partial charge in [0.15, 0.2) is 6.61 Å². The van der Waals surface area contributed by atoms with Gasteiger partial charge in [0, 0.05) is 39.1 Å². The minimum absolute atomic E-state index is 0.103. The highest BCUT2D eigenvalue weighted by molar-refractivity contribution is 5.73. The number of ether oxygens (including phenoxy) is 1. The molecule has 1 atom stereocenters. The summed E-state index contributed by atoms with van der Waals surface area (Å²) in [5.41, 5.74) is 2.37. The van der Waals surface area contributed by atoms with Gasteiger partial charge in [-0.15, -0.1) is 0 Å². The molecule has 0 aromatic heterocycles. The quantitative estimate of drug-likeness (QED) is 0.796. The second-order valence-corrected chi connectivity index (χ2v) is 7.12. The molecular formula is C22H26N2O4. The Bertz CT molecular complexity index is 792. The number of rotatable bonds is 7. The summed E-state index contributed by atoms with van der Waals surface area (Å²) in [4.78, 5) is 27.0. The SMILES string of the molecule is CC(=O)N1CCN(Cc2ccccc2)C[C@H]1Cc1ccc(OCC(=O)O)cc1. The lowest BCUT2D eigenvalue weighted by Crippen LogP contribution is -2.55. The second-order valence-electron chi connectivity index (χ2n) is 7.12. The van der Waals surface area contributed by atoms with Crippen molar-refractivity contribution in [2.75, 3.05) is 26.2 Å². The number of amides is 1. The van der Waals surface area contributed by atoms with Crippen molar-refractivity contribution in [2.45, 2.75) is 25.9 Å². The maximum atomic E-state index is 12.1. The van der Waals surface area contributed by atoms with E-state index < -0.39 is 5.97 Å². The first-order chi connectivity index (χ1) is 13.5. The van der Waals surface area contributed by atoms with Crippen LogP contribution in [0.1, 0.15) is 18.1 Å². The summed E-state index contributed by atoms with van der Waals surface area (Å²) in [7, 11) is 0. The molecule has 0 aliphatic carbocycles. The van der Waals surface area contributed by atoms with Gasteiger partial charge in [0.1, 0.15) is 5.75 Å². The van der Waals surface area contributed by atoms with Crippen LogP contribution >= 0.6 is 0 Å². The predicted molar refractivity (Wildman–Crippen MR) is 106 cm³/mol. The van der Waals surface area contributed by atoms with E-state index in [4.69, 9.17) is 9.84 Å². The Morgan fingerprint density at radius 2 is 1.75 bits per heavy atom. The fourth-order valence-electron chi connectivity index (χ4n) is 3.63. The number of hydrogen-bond donors (Lipinski definition) is 1. The minimum Gasteiger partial charge on any atom is -0.482 e. The van der Waals surface area contributed by atoms with Crippen molar-refractivity contribution in [3.8, 4) is 5.75 Å². The molecule has 1 fully saturated rings. The van der Waals surface area contributed by atoms with Crippen molar-refractivity contribution in [3.63, 3.8) is 0 Å². The smallest absolute Gasteiger partial charge is 0.341 e. The summed E-state index contributed by atoms with van der Waals surface area (Å²) in [6, 6.07) is 17.9. The third kappa shape index (κ3) is 5.57. The first-order valence-corrected chi connectivity index (χ1v) is 9.48. The molecule has 148 valence electrons. The van der Waals surface area contributed by atoms with Gasteiger partial charge in [0.25, 0.3) is 0 Å². The summed E-state index contributed by atoms with van der Waals surface area (Å²) >= 11 is 0. The highest BCUT2D eigenvalue weighted by Gasteiger charge is 2.28. The van der Waals surface area contributed by atoms with Crippen LogP contribution in [0.4, 0.5) is 0 Å². The summed E-state index contributed by atoms with van der Waals surface area (Å²) in [6.45, 7) is 4.58. The Labute approximate surface area is 165 Å². The number of carboxylic acid groups (broad SMARTS) is 1. The Kier molecular flexibility index (Phi) is 6.66. The number of carbonyl (C=O) groups is 2. The zero-order chi connectivity index (χ0) is 19.9. The van der Waals surface area contributed by atoms with Gasteiger partial charge in [0.2, 0.25) is 5.91 Å². The standard InChI is InChI=1S/C22H26N2O4/c1-17(25)24-12-11-23(14-19-5-3-2-4-6-19)15-20(24)13-18-7-9-21(10-8-18)28-16-22(26)27/h2-10,20H,11-16H2,1H3,(H,26,27)/t20-/m1/s1. The van der Waals surface area contributed by atoms with E-state index in [1.807, 2.05) is 35.2 Å². The lowest BCUT2D eigenvalue weighted by atomic mass is 10.0. The molecule has 3 rings (SSSR count). The summed E-state index contributed by atoms with van der Waals surface area (Å²) in [6.07, 6.45) is 0.754. The van der Waals surface area contributed by atoms with Crippen molar-refractivity contribution < 1.29 is 19.4 Å². The van der Waals surface area contributed by atoms with E-state index in [-0.39, 0.29) is 18.6 Å². The van der Waals surface area contributed by atoms with Gasteiger partial charge in [-0.2, -0.15) is 0 Å². The number of nitrogens with zero attached hydrogens (tertiary/aromatic N) is 2. The Morgan fingerprint density at radius 1 is 1.04 bits per heavy atom. The third-order valence-electron chi connectivity index (χ3n) is 4.98. The van der Waals surface area contributed by atoms with Crippen molar-refractivity contribution >= 4 is 11.9 Å². The number of aliphatic carboxylic acids is 1. The summed E-state index contributed by atoms with van der Waals surface area (Å²) in [5, 5.41) is 8.69. The van der Waals surface area contributed by atoms with Crippen molar-refractivity contribution in [1.82, 2.24) is 9.80 Å². The lowest BCUT2D eigenvalue weighted by Gasteiger charge is -2.41.